The summed E-state index contributed by atoms with van der Waals surface area (Å²) in [6.07, 6.45) is -0.0645. The molecule has 0 saturated heterocycles. The molecule has 0 unspecified atom stereocenters. The molecule has 1 aliphatic heterocycles. The third kappa shape index (κ3) is 3.96. The largest absolute Gasteiger partial charge is 0.507 e. The van der Waals surface area contributed by atoms with E-state index < -0.39 is 11.9 Å². The lowest BCUT2D eigenvalue weighted by molar-refractivity contribution is -0.135. The summed E-state index contributed by atoms with van der Waals surface area (Å²) in [5.74, 6) is -0.425. The number of hydrogen-bond acceptors (Lipinski definition) is 7. The lowest BCUT2D eigenvalue weighted by atomic mass is 9.83. The SMILES string of the molecule is COc1ccc([C@H]2CC(=O)Oc3ccc(C(=O)c4ccc(Cl)cc4)c(O)c32)c(OC)c1OC. The Morgan fingerprint density at radius 3 is 2.30 bits per heavy atom. The van der Waals surface area contributed by atoms with Crippen molar-refractivity contribution in [3.8, 4) is 28.7 Å². The Balaban J connectivity index is 1.88. The minimum Gasteiger partial charge on any atom is -0.507 e. The number of aromatic hydroxyl groups is 1. The van der Waals surface area contributed by atoms with Gasteiger partial charge in [0.05, 0.1) is 33.3 Å². The highest BCUT2D eigenvalue weighted by Crippen LogP contribution is 2.51. The summed E-state index contributed by atoms with van der Waals surface area (Å²) in [5, 5.41) is 11.7. The van der Waals surface area contributed by atoms with Gasteiger partial charge in [-0.05, 0) is 42.5 Å². The molecule has 0 saturated carbocycles. The standard InChI is InChI=1S/C25H21ClO7/c1-30-19-11-8-15(24(31-2)25(19)32-3)17-12-20(27)33-18-10-9-16(23(29)21(17)18)22(28)13-4-6-14(26)7-5-13/h4-11,17,29H,12H2,1-3H3/t17-/m1/s1. The summed E-state index contributed by atoms with van der Waals surface area (Å²) in [6, 6.07) is 12.7. The highest BCUT2D eigenvalue weighted by Gasteiger charge is 2.36. The molecule has 0 bridgehead atoms. The second-order valence-corrected chi connectivity index (χ2v) is 7.80. The molecule has 7 nitrogen and oxygen atoms in total. The van der Waals surface area contributed by atoms with Crippen molar-refractivity contribution in [3.63, 3.8) is 0 Å². The van der Waals surface area contributed by atoms with Gasteiger partial charge in [-0.2, -0.15) is 0 Å². The Hall–Kier alpha value is -3.71. The number of carbonyl (C=O) groups is 2. The van der Waals surface area contributed by atoms with Gasteiger partial charge < -0.3 is 24.1 Å². The van der Waals surface area contributed by atoms with Gasteiger partial charge in [0, 0.05) is 27.6 Å². The van der Waals surface area contributed by atoms with E-state index in [0.717, 1.165) is 0 Å². The average molecular weight is 469 g/mol. The molecular weight excluding hydrogens is 448 g/mol. The average Bonchev–Trinajstić information content (AvgIpc) is 2.82. The fraction of sp³-hybridized carbons (Fsp3) is 0.200. The molecule has 1 N–H and O–H groups in total. The molecule has 1 heterocycles. The summed E-state index contributed by atoms with van der Waals surface area (Å²) in [7, 11) is 4.46. The van der Waals surface area contributed by atoms with E-state index in [1.54, 1.807) is 36.4 Å². The zero-order valence-electron chi connectivity index (χ0n) is 18.2. The number of phenols is 1. The fourth-order valence-corrected chi connectivity index (χ4v) is 4.18. The monoisotopic (exact) mass is 468 g/mol. The van der Waals surface area contributed by atoms with Crippen molar-refractivity contribution in [3.05, 3.63) is 75.8 Å². The molecule has 0 spiro atoms. The zero-order chi connectivity index (χ0) is 23.7. The van der Waals surface area contributed by atoms with Crippen molar-refractivity contribution >= 4 is 23.4 Å². The number of fused-ring (bicyclic) bond motifs is 1. The zero-order valence-corrected chi connectivity index (χ0v) is 18.9. The number of rotatable bonds is 6. The maximum absolute atomic E-state index is 13.1. The van der Waals surface area contributed by atoms with E-state index in [-0.39, 0.29) is 29.3 Å². The van der Waals surface area contributed by atoms with Crippen LogP contribution in [0.25, 0.3) is 0 Å². The first kappa shape index (κ1) is 22.5. The molecule has 0 aromatic heterocycles. The Morgan fingerprint density at radius 1 is 0.970 bits per heavy atom. The predicted molar refractivity (Wildman–Crippen MR) is 121 cm³/mol. The van der Waals surface area contributed by atoms with Crippen LogP contribution in [0, 0.1) is 0 Å². The number of halogens is 1. The van der Waals surface area contributed by atoms with Crippen LogP contribution in [0.2, 0.25) is 5.02 Å². The summed E-state index contributed by atoms with van der Waals surface area (Å²) in [6.45, 7) is 0. The second kappa shape index (κ2) is 9.03. The van der Waals surface area contributed by atoms with Gasteiger partial charge in [-0.1, -0.05) is 17.7 Å². The molecule has 8 heteroatoms. The van der Waals surface area contributed by atoms with E-state index in [0.29, 0.717) is 39.0 Å². The van der Waals surface area contributed by atoms with Crippen LogP contribution in [-0.4, -0.2) is 38.2 Å². The van der Waals surface area contributed by atoms with Gasteiger partial charge in [-0.25, -0.2) is 0 Å². The number of benzene rings is 3. The predicted octanol–water partition coefficient (Wildman–Crippen LogP) is 4.74. The molecule has 0 aliphatic carbocycles. The lowest BCUT2D eigenvalue weighted by Crippen LogP contribution is -2.22. The fourth-order valence-electron chi connectivity index (χ4n) is 4.05. The number of carbonyl (C=O) groups excluding carboxylic acids is 2. The summed E-state index contributed by atoms with van der Waals surface area (Å²) >= 11 is 5.92. The number of esters is 1. The smallest absolute Gasteiger partial charge is 0.312 e. The molecule has 3 aromatic rings. The minimum absolute atomic E-state index is 0.0645. The van der Waals surface area contributed by atoms with Crippen molar-refractivity contribution in [2.24, 2.45) is 0 Å². The van der Waals surface area contributed by atoms with E-state index in [2.05, 4.69) is 0 Å². The molecule has 4 rings (SSSR count). The molecule has 1 aliphatic rings. The van der Waals surface area contributed by atoms with Crippen molar-refractivity contribution in [2.75, 3.05) is 21.3 Å². The van der Waals surface area contributed by atoms with E-state index >= 15 is 0 Å². The molecule has 0 amide bonds. The van der Waals surface area contributed by atoms with Gasteiger partial charge >= 0.3 is 5.97 Å². The Morgan fingerprint density at radius 2 is 1.67 bits per heavy atom. The van der Waals surface area contributed by atoms with Gasteiger partial charge in [0.1, 0.15) is 11.5 Å². The minimum atomic E-state index is -0.644. The molecule has 3 aromatic carbocycles. The third-order valence-corrected chi connectivity index (χ3v) is 5.83. The van der Waals surface area contributed by atoms with E-state index in [4.69, 9.17) is 30.5 Å². The van der Waals surface area contributed by atoms with E-state index in [1.165, 1.54) is 33.5 Å². The first-order valence-corrected chi connectivity index (χ1v) is 10.4. The van der Waals surface area contributed by atoms with Crippen LogP contribution >= 0.6 is 11.6 Å². The molecule has 0 fully saturated rings. The summed E-state index contributed by atoms with van der Waals surface area (Å²) in [4.78, 5) is 25.5. The van der Waals surface area contributed by atoms with Crippen molar-refractivity contribution in [1.29, 1.82) is 0 Å². The lowest BCUT2D eigenvalue weighted by Gasteiger charge is -2.28. The molecule has 170 valence electrons. The first-order chi connectivity index (χ1) is 15.9. The summed E-state index contributed by atoms with van der Waals surface area (Å²) < 4.78 is 21.8. The van der Waals surface area contributed by atoms with Gasteiger partial charge in [0.25, 0.3) is 0 Å². The third-order valence-electron chi connectivity index (χ3n) is 5.58. The number of hydrogen-bond donors (Lipinski definition) is 1. The van der Waals surface area contributed by atoms with Crippen LogP contribution in [0.4, 0.5) is 0 Å². The van der Waals surface area contributed by atoms with Crippen molar-refractivity contribution in [1.82, 2.24) is 0 Å². The Labute approximate surface area is 195 Å². The van der Waals surface area contributed by atoms with E-state index in [1.807, 2.05) is 0 Å². The maximum Gasteiger partial charge on any atom is 0.312 e. The van der Waals surface area contributed by atoms with Gasteiger partial charge in [0.15, 0.2) is 17.3 Å². The Kier molecular flexibility index (Phi) is 6.16. The molecule has 0 radical (unpaired) electrons. The normalized spacial score (nSPS) is 14.8. The second-order valence-electron chi connectivity index (χ2n) is 7.36. The number of ether oxygens (including phenoxy) is 4. The quantitative estimate of drug-likeness (QED) is 0.317. The molecule has 33 heavy (non-hydrogen) atoms. The topological polar surface area (TPSA) is 91.3 Å². The van der Waals surface area contributed by atoms with Crippen molar-refractivity contribution in [2.45, 2.75) is 12.3 Å². The maximum atomic E-state index is 13.1. The number of ketones is 1. The van der Waals surface area contributed by atoms with Crippen LogP contribution < -0.4 is 18.9 Å². The van der Waals surface area contributed by atoms with Crippen molar-refractivity contribution < 1.29 is 33.6 Å². The summed E-state index contributed by atoms with van der Waals surface area (Å²) in [5.41, 5.74) is 1.35. The van der Waals surface area contributed by atoms with Crippen LogP contribution in [-0.2, 0) is 4.79 Å². The highest BCUT2D eigenvalue weighted by molar-refractivity contribution is 6.30. The Bertz CT molecular complexity index is 1230. The molecular formula is C25H21ClO7. The highest BCUT2D eigenvalue weighted by atomic mass is 35.5. The van der Waals surface area contributed by atoms with Gasteiger partial charge in [-0.3, -0.25) is 9.59 Å². The van der Waals surface area contributed by atoms with Crippen LogP contribution in [0.1, 0.15) is 39.4 Å². The van der Waals surface area contributed by atoms with Crippen LogP contribution in [0.5, 0.6) is 28.7 Å². The van der Waals surface area contributed by atoms with Crippen LogP contribution in [0.15, 0.2) is 48.5 Å². The van der Waals surface area contributed by atoms with E-state index in [9.17, 15) is 14.7 Å². The van der Waals surface area contributed by atoms with Gasteiger partial charge in [0.2, 0.25) is 5.75 Å². The van der Waals surface area contributed by atoms with Crippen LogP contribution in [0.3, 0.4) is 0 Å². The number of phenolic OH excluding ortho intramolecular Hbond substituents is 1. The van der Waals surface area contributed by atoms with Gasteiger partial charge in [-0.15, -0.1) is 0 Å². The first-order valence-electron chi connectivity index (χ1n) is 10.0. The molecule has 1 atom stereocenters. The number of methoxy groups -OCH3 is 3.